The minimum atomic E-state index is -0.227. The lowest BCUT2D eigenvalue weighted by Crippen LogP contribution is -2.38. The molecule has 0 bridgehead atoms. The number of carbonyl (C=O) groups is 1. The van der Waals surface area contributed by atoms with Crippen LogP contribution in [0.2, 0.25) is 0 Å². The van der Waals surface area contributed by atoms with Gasteiger partial charge in [-0.25, -0.2) is 4.68 Å². The smallest absolute Gasteiger partial charge is 0.261 e. The first-order valence-electron chi connectivity index (χ1n) is 10.2. The second-order valence-corrected chi connectivity index (χ2v) is 8.58. The van der Waals surface area contributed by atoms with E-state index in [1.165, 1.54) is 17.5 Å². The second-order valence-electron chi connectivity index (χ2n) is 8.58. The number of nitrogens with one attached hydrogen (secondary N) is 2. The van der Waals surface area contributed by atoms with Crippen LogP contribution in [0.1, 0.15) is 59.9 Å². The van der Waals surface area contributed by atoms with Crippen LogP contribution in [0, 0.1) is 0 Å². The maximum atomic E-state index is 13.1. The molecular weight excluding hydrogens is 362 g/mol. The zero-order valence-electron chi connectivity index (χ0n) is 16.8. The highest BCUT2D eigenvalue weighted by Gasteiger charge is 2.37. The standard InChI is InChI=1S/C23H25N5O/c1-23(2)13-20(19-8-3-4-11-24-19)27-21-18(14-25-28(21)23)22(29)26-17-10-9-15-6-5-7-16(15)12-17/h3-4,8-12,14,20,27H,5-7,13H2,1-2H3,(H,26,29). The van der Waals surface area contributed by atoms with Gasteiger partial charge in [0, 0.05) is 11.9 Å². The summed E-state index contributed by atoms with van der Waals surface area (Å²) < 4.78 is 1.92. The molecule has 3 aromatic rings. The SMILES string of the molecule is CC1(C)CC(c2ccccn2)Nc2c(C(=O)Nc3ccc4c(c3)CCC4)cnn21. The highest BCUT2D eigenvalue weighted by atomic mass is 16.1. The summed E-state index contributed by atoms with van der Waals surface area (Å²) in [6, 6.07) is 12.2. The maximum Gasteiger partial charge on any atom is 0.261 e. The molecule has 1 amide bonds. The number of hydrogen-bond acceptors (Lipinski definition) is 4. The fourth-order valence-electron chi connectivity index (χ4n) is 4.52. The first-order valence-corrected chi connectivity index (χ1v) is 10.2. The molecule has 2 aliphatic rings. The highest BCUT2D eigenvalue weighted by molar-refractivity contribution is 6.07. The molecule has 6 nitrogen and oxygen atoms in total. The number of anilines is 2. The van der Waals surface area contributed by atoms with E-state index in [1.54, 1.807) is 12.4 Å². The van der Waals surface area contributed by atoms with E-state index in [9.17, 15) is 4.79 Å². The summed E-state index contributed by atoms with van der Waals surface area (Å²) in [6.07, 6.45) is 7.71. The summed E-state index contributed by atoms with van der Waals surface area (Å²) in [4.78, 5) is 17.6. The summed E-state index contributed by atoms with van der Waals surface area (Å²) in [5.41, 5.74) is 4.88. The number of amides is 1. The van der Waals surface area contributed by atoms with Gasteiger partial charge in [0.2, 0.25) is 0 Å². The Kier molecular flexibility index (Phi) is 4.15. The Balaban J connectivity index is 1.44. The van der Waals surface area contributed by atoms with E-state index in [-0.39, 0.29) is 17.5 Å². The predicted molar refractivity (Wildman–Crippen MR) is 113 cm³/mol. The molecule has 5 rings (SSSR count). The number of aryl methyl sites for hydroxylation is 2. The Labute approximate surface area is 170 Å². The molecule has 3 heterocycles. The molecule has 1 aromatic carbocycles. The number of hydrogen-bond donors (Lipinski definition) is 2. The summed E-state index contributed by atoms with van der Waals surface area (Å²) in [5.74, 6) is 0.602. The Hall–Kier alpha value is -3.15. The van der Waals surface area contributed by atoms with Gasteiger partial charge in [0.05, 0.1) is 23.5 Å². The third-order valence-corrected chi connectivity index (χ3v) is 6.00. The van der Waals surface area contributed by atoms with Gasteiger partial charge in [-0.2, -0.15) is 5.10 Å². The monoisotopic (exact) mass is 387 g/mol. The van der Waals surface area contributed by atoms with Gasteiger partial charge in [-0.15, -0.1) is 0 Å². The van der Waals surface area contributed by atoms with Crippen molar-refractivity contribution in [2.45, 2.75) is 51.1 Å². The second kappa shape index (κ2) is 6.72. The molecule has 2 aromatic heterocycles. The lowest BCUT2D eigenvalue weighted by atomic mass is 9.91. The quantitative estimate of drug-likeness (QED) is 0.702. The van der Waals surface area contributed by atoms with Gasteiger partial charge < -0.3 is 10.6 Å². The predicted octanol–water partition coefficient (Wildman–Crippen LogP) is 4.31. The van der Waals surface area contributed by atoms with E-state index >= 15 is 0 Å². The summed E-state index contributed by atoms with van der Waals surface area (Å²) in [5, 5.41) is 11.1. The molecule has 0 saturated heterocycles. The van der Waals surface area contributed by atoms with Crippen molar-refractivity contribution in [1.82, 2.24) is 14.8 Å². The minimum absolute atomic E-state index is 0.0296. The Morgan fingerprint density at radius 1 is 1.21 bits per heavy atom. The molecule has 148 valence electrons. The molecule has 0 saturated carbocycles. The number of rotatable bonds is 3. The average Bonchev–Trinajstić information content (AvgIpc) is 3.35. The number of carbonyl (C=O) groups excluding carboxylic acids is 1. The van der Waals surface area contributed by atoms with Crippen molar-refractivity contribution < 1.29 is 4.79 Å². The third-order valence-electron chi connectivity index (χ3n) is 6.00. The van der Waals surface area contributed by atoms with Crippen LogP contribution in [0.5, 0.6) is 0 Å². The van der Waals surface area contributed by atoms with E-state index in [4.69, 9.17) is 0 Å². The molecule has 2 N–H and O–H groups in total. The number of aromatic nitrogens is 3. The Bertz CT molecular complexity index is 1070. The first kappa shape index (κ1) is 17.9. The van der Waals surface area contributed by atoms with Crippen LogP contribution < -0.4 is 10.6 Å². The van der Waals surface area contributed by atoms with Crippen molar-refractivity contribution in [1.29, 1.82) is 0 Å². The highest BCUT2D eigenvalue weighted by Crippen LogP contribution is 2.39. The van der Waals surface area contributed by atoms with Gasteiger partial charge in [-0.05, 0) is 74.9 Å². The number of nitrogens with zero attached hydrogens (tertiary/aromatic N) is 3. The van der Waals surface area contributed by atoms with Crippen LogP contribution in [-0.2, 0) is 18.4 Å². The van der Waals surface area contributed by atoms with Crippen LogP contribution in [-0.4, -0.2) is 20.7 Å². The van der Waals surface area contributed by atoms with Crippen molar-refractivity contribution in [3.05, 3.63) is 71.2 Å². The number of pyridine rings is 1. The normalized spacial score (nSPS) is 19.2. The van der Waals surface area contributed by atoms with Gasteiger partial charge in [-0.1, -0.05) is 12.1 Å². The fraction of sp³-hybridized carbons (Fsp3) is 0.348. The van der Waals surface area contributed by atoms with Gasteiger partial charge in [-0.3, -0.25) is 9.78 Å². The zero-order chi connectivity index (χ0) is 20.0. The van der Waals surface area contributed by atoms with Crippen LogP contribution in [0.25, 0.3) is 0 Å². The van der Waals surface area contributed by atoms with Crippen LogP contribution >= 0.6 is 0 Å². The topological polar surface area (TPSA) is 71.8 Å². The molecule has 6 heteroatoms. The van der Waals surface area contributed by atoms with Gasteiger partial charge in [0.15, 0.2) is 0 Å². The van der Waals surface area contributed by atoms with Crippen LogP contribution in [0.15, 0.2) is 48.8 Å². The van der Waals surface area contributed by atoms with Gasteiger partial charge in [0.25, 0.3) is 5.91 Å². The summed E-state index contributed by atoms with van der Waals surface area (Å²) in [7, 11) is 0. The van der Waals surface area contributed by atoms with Crippen LogP contribution in [0.3, 0.4) is 0 Å². The lowest BCUT2D eigenvalue weighted by Gasteiger charge is -2.37. The Morgan fingerprint density at radius 3 is 2.90 bits per heavy atom. The molecule has 0 spiro atoms. The van der Waals surface area contributed by atoms with Gasteiger partial charge in [0.1, 0.15) is 11.4 Å². The van der Waals surface area contributed by atoms with Gasteiger partial charge >= 0.3 is 0 Å². The molecule has 29 heavy (non-hydrogen) atoms. The summed E-state index contributed by atoms with van der Waals surface area (Å²) in [6.45, 7) is 4.28. The largest absolute Gasteiger partial charge is 0.361 e. The molecule has 1 atom stereocenters. The van der Waals surface area contributed by atoms with Crippen molar-refractivity contribution >= 4 is 17.4 Å². The van der Waals surface area contributed by atoms with Crippen molar-refractivity contribution in [3.63, 3.8) is 0 Å². The molecule has 0 radical (unpaired) electrons. The molecule has 1 aliphatic carbocycles. The van der Waals surface area contributed by atoms with E-state index < -0.39 is 0 Å². The lowest BCUT2D eigenvalue weighted by molar-refractivity contribution is 0.102. The van der Waals surface area contributed by atoms with E-state index in [0.29, 0.717) is 5.56 Å². The minimum Gasteiger partial charge on any atom is -0.361 e. The van der Waals surface area contributed by atoms with Crippen molar-refractivity contribution in [3.8, 4) is 0 Å². The molecule has 0 fully saturated rings. The van der Waals surface area contributed by atoms with E-state index in [0.717, 1.165) is 36.5 Å². The zero-order valence-corrected chi connectivity index (χ0v) is 16.8. The molecular formula is C23H25N5O. The molecule has 1 aliphatic heterocycles. The van der Waals surface area contributed by atoms with Crippen molar-refractivity contribution in [2.75, 3.05) is 10.6 Å². The van der Waals surface area contributed by atoms with E-state index in [1.807, 2.05) is 28.9 Å². The fourth-order valence-corrected chi connectivity index (χ4v) is 4.52. The average molecular weight is 387 g/mol. The van der Waals surface area contributed by atoms with E-state index in [2.05, 4.69) is 46.7 Å². The number of fused-ring (bicyclic) bond motifs is 2. The number of benzene rings is 1. The van der Waals surface area contributed by atoms with Crippen molar-refractivity contribution in [2.24, 2.45) is 0 Å². The van der Waals surface area contributed by atoms with Crippen LogP contribution in [0.4, 0.5) is 11.5 Å². The molecule has 1 unspecified atom stereocenters. The summed E-state index contributed by atoms with van der Waals surface area (Å²) >= 11 is 0. The Morgan fingerprint density at radius 2 is 2.07 bits per heavy atom. The maximum absolute atomic E-state index is 13.1. The first-order chi connectivity index (χ1) is 14.0. The third kappa shape index (κ3) is 3.18.